The molecule has 0 aliphatic carbocycles. The van der Waals surface area contributed by atoms with Crippen LogP contribution in [-0.2, 0) is 13.1 Å². The lowest BCUT2D eigenvalue weighted by molar-refractivity contribution is 0.119. The number of carboxylic acid groups (broad SMARTS) is 1. The van der Waals surface area contributed by atoms with Crippen LogP contribution in [0.25, 0.3) is 0 Å². The van der Waals surface area contributed by atoms with Crippen molar-refractivity contribution in [3.8, 4) is 0 Å². The van der Waals surface area contributed by atoms with Crippen molar-refractivity contribution in [2.75, 3.05) is 19.6 Å². The summed E-state index contributed by atoms with van der Waals surface area (Å²) in [6.45, 7) is 4.30. The van der Waals surface area contributed by atoms with Crippen LogP contribution in [-0.4, -0.2) is 40.6 Å². The summed E-state index contributed by atoms with van der Waals surface area (Å²) < 4.78 is 0. The van der Waals surface area contributed by atoms with Gasteiger partial charge in [0, 0.05) is 26.2 Å². The van der Waals surface area contributed by atoms with Crippen LogP contribution >= 0.6 is 0 Å². The first-order chi connectivity index (χ1) is 12.7. The van der Waals surface area contributed by atoms with E-state index in [1.54, 1.807) is 4.90 Å². The van der Waals surface area contributed by atoms with Crippen LogP contribution in [0, 0.1) is 5.92 Å². The number of rotatable bonds is 7. The van der Waals surface area contributed by atoms with Crippen molar-refractivity contribution in [2.45, 2.75) is 32.4 Å². The van der Waals surface area contributed by atoms with Gasteiger partial charge < -0.3 is 10.0 Å². The Morgan fingerprint density at radius 3 is 1.88 bits per heavy atom. The Morgan fingerprint density at radius 1 is 0.923 bits per heavy atom. The maximum Gasteiger partial charge on any atom is 0.407 e. The zero-order valence-corrected chi connectivity index (χ0v) is 15.3. The Labute approximate surface area is 156 Å². The van der Waals surface area contributed by atoms with Gasteiger partial charge in [0.15, 0.2) is 0 Å². The first kappa shape index (κ1) is 18.5. The molecule has 0 saturated carbocycles. The average molecular weight is 352 g/mol. The molecule has 1 aliphatic heterocycles. The van der Waals surface area contributed by atoms with Crippen molar-refractivity contribution < 1.29 is 9.90 Å². The fraction of sp³-hybridized carbons (Fsp3) is 0.409. The third-order valence-electron chi connectivity index (χ3n) is 5.24. The second-order valence-corrected chi connectivity index (χ2v) is 7.18. The quantitative estimate of drug-likeness (QED) is 0.799. The summed E-state index contributed by atoms with van der Waals surface area (Å²) in [6.07, 6.45) is 2.32. The van der Waals surface area contributed by atoms with Crippen LogP contribution in [0.15, 0.2) is 60.7 Å². The Balaban J connectivity index is 1.56. The van der Waals surface area contributed by atoms with Crippen LogP contribution in [0.5, 0.6) is 0 Å². The van der Waals surface area contributed by atoms with E-state index in [9.17, 15) is 4.79 Å². The van der Waals surface area contributed by atoms with Crippen molar-refractivity contribution in [1.29, 1.82) is 0 Å². The molecule has 1 fully saturated rings. The zero-order valence-electron chi connectivity index (χ0n) is 15.3. The molecule has 0 radical (unpaired) electrons. The highest BCUT2D eigenvalue weighted by Gasteiger charge is 2.22. The molecule has 1 amide bonds. The minimum absolute atomic E-state index is 0.625. The molecule has 1 aliphatic rings. The average Bonchev–Trinajstić information content (AvgIpc) is 2.68. The minimum Gasteiger partial charge on any atom is -0.465 e. The summed E-state index contributed by atoms with van der Waals surface area (Å²) in [4.78, 5) is 15.1. The van der Waals surface area contributed by atoms with E-state index in [-0.39, 0.29) is 0 Å². The van der Waals surface area contributed by atoms with Gasteiger partial charge in [0.2, 0.25) is 0 Å². The summed E-state index contributed by atoms with van der Waals surface area (Å²) in [5.41, 5.74) is 2.67. The summed E-state index contributed by atoms with van der Waals surface area (Å²) in [5.74, 6) is 0.625. The fourth-order valence-corrected chi connectivity index (χ4v) is 3.68. The number of hydrogen-bond donors (Lipinski definition) is 1. The molecule has 2 aromatic carbocycles. The predicted octanol–water partition coefficient (Wildman–Crippen LogP) is 4.47. The number of nitrogens with zero attached hydrogens (tertiary/aromatic N) is 2. The normalized spacial score (nSPS) is 15.3. The van der Waals surface area contributed by atoms with Gasteiger partial charge in [0.25, 0.3) is 0 Å². The molecule has 138 valence electrons. The lowest BCUT2D eigenvalue weighted by atomic mass is 9.93. The summed E-state index contributed by atoms with van der Waals surface area (Å²) >= 11 is 0. The fourth-order valence-electron chi connectivity index (χ4n) is 3.68. The number of piperidine rings is 1. The monoisotopic (exact) mass is 352 g/mol. The molecular weight excluding hydrogens is 324 g/mol. The molecule has 0 spiro atoms. The molecule has 0 unspecified atom stereocenters. The van der Waals surface area contributed by atoms with Gasteiger partial charge in [0.1, 0.15) is 0 Å². The molecular formula is C22H28N2O2. The summed E-state index contributed by atoms with van der Waals surface area (Å²) in [7, 11) is 0. The molecule has 0 atom stereocenters. The van der Waals surface area contributed by atoms with E-state index in [2.05, 4.69) is 65.6 Å². The molecule has 0 aromatic heterocycles. The van der Waals surface area contributed by atoms with Crippen LogP contribution in [0.1, 0.15) is 30.4 Å². The van der Waals surface area contributed by atoms with Gasteiger partial charge in [-0.05, 0) is 42.9 Å². The second kappa shape index (κ2) is 9.39. The van der Waals surface area contributed by atoms with E-state index in [0.717, 1.165) is 38.9 Å². The highest BCUT2D eigenvalue weighted by molar-refractivity contribution is 5.64. The lowest BCUT2D eigenvalue weighted by Gasteiger charge is -2.31. The number of likely N-dealkylation sites (tertiary alicyclic amines) is 1. The van der Waals surface area contributed by atoms with Crippen molar-refractivity contribution in [2.24, 2.45) is 5.92 Å². The maximum absolute atomic E-state index is 11.1. The standard InChI is InChI=1S/C22H28N2O2/c25-22(26)24-15-12-19(13-16-24)11-14-23(17-20-7-3-1-4-8-20)18-21-9-5-2-6-10-21/h1-10,19H,11-18H2,(H,25,26). The third kappa shape index (κ3) is 5.60. The van der Waals surface area contributed by atoms with Gasteiger partial charge in [0.05, 0.1) is 0 Å². The number of amides is 1. The van der Waals surface area contributed by atoms with Gasteiger partial charge in [-0.2, -0.15) is 0 Å². The molecule has 2 aromatic rings. The number of hydrogen-bond acceptors (Lipinski definition) is 2. The van der Waals surface area contributed by atoms with Crippen molar-refractivity contribution in [3.63, 3.8) is 0 Å². The van der Waals surface area contributed by atoms with Crippen molar-refractivity contribution in [3.05, 3.63) is 71.8 Å². The molecule has 1 heterocycles. The Morgan fingerprint density at radius 2 is 1.42 bits per heavy atom. The lowest BCUT2D eigenvalue weighted by Crippen LogP contribution is -2.38. The molecule has 0 bridgehead atoms. The summed E-state index contributed by atoms with van der Waals surface area (Å²) in [5, 5.41) is 9.09. The Bertz CT molecular complexity index is 626. The molecule has 1 N–H and O–H groups in total. The highest BCUT2D eigenvalue weighted by atomic mass is 16.4. The van der Waals surface area contributed by atoms with E-state index in [4.69, 9.17) is 5.11 Å². The van der Waals surface area contributed by atoms with Crippen LogP contribution in [0.2, 0.25) is 0 Å². The molecule has 3 rings (SSSR count). The first-order valence-corrected chi connectivity index (χ1v) is 9.49. The third-order valence-corrected chi connectivity index (χ3v) is 5.24. The topological polar surface area (TPSA) is 43.8 Å². The zero-order chi connectivity index (χ0) is 18.2. The first-order valence-electron chi connectivity index (χ1n) is 9.49. The predicted molar refractivity (Wildman–Crippen MR) is 104 cm³/mol. The van der Waals surface area contributed by atoms with E-state index in [1.165, 1.54) is 11.1 Å². The smallest absolute Gasteiger partial charge is 0.407 e. The van der Waals surface area contributed by atoms with Gasteiger partial charge in [-0.25, -0.2) is 4.79 Å². The second-order valence-electron chi connectivity index (χ2n) is 7.18. The van der Waals surface area contributed by atoms with E-state index in [1.807, 2.05) is 0 Å². The Hall–Kier alpha value is -2.33. The largest absolute Gasteiger partial charge is 0.465 e. The minimum atomic E-state index is -0.779. The Kier molecular flexibility index (Phi) is 6.67. The van der Waals surface area contributed by atoms with Crippen LogP contribution < -0.4 is 0 Å². The van der Waals surface area contributed by atoms with E-state index >= 15 is 0 Å². The molecule has 4 nitrogen and oxygen atoms in total. The van der Waals surface area contributed by atoms with Crippen LogP contribution in [0.4, 0.5) is 4.79 Å². The van der Waals surface area contributed by atoms with Gasteiger partial charge >= 0.3 is 6.09 Å². The van der Waals surface area contributed by atoms with E-state index < -0.39 is 6.09 Å². The van der Waals surface area contributed by atoms with Crippen LogP contribution in [0.3, 0.4) is 0 Å². The SMILES string of the molecule is O=C(O)N1CCC(CCN(Cc2ccccc2)Cc2ccccc2)CC1. The van der Waals surface area contributed by atoms with Crippen molar-refractivity contribution >= 4 is 6.09 Å². The number of benzene rings is 2. The van der Waals surface area contributed by atoms with Gasteiger partial charge in [-0.15, -0.1) is 0 Å². The molecule has 26 heavy (non-hydrogen) atoms. The molecule has 4 heteroatoms. The molecule has 1 saturated heterocycles. The van der Waals surface area contributed by atoms with Gasteiger partial charge in [-0.3, -0.25) is 4.90 Å². The summed E-state index contributed by atoms with van der Waals surface area (Å²) in [6, 6.07) is 21.2. The number of carbonyl (C=O) groups is 1. The maximum atomic E-state index is 11.1. The van der Waals surface area contributed by atoms with Gasteiger partial charge in [-0.1, -0.05) is 60.7 Å². The highest BCUT2D eigenvalue weighted by Crippen LogP contribution is 2.22. The van der Waals surface area contributed by atoms with E-state index in [0.29, 0.717) is 19.0 Å². The van der Waals surface area contributed by atoms with Crippen molar-refractivity contribution in [1.82, 2.24) is 9.80 Å².